The summed E-state index contributed by atoms with van der Waals surface area (Å²) < 4.78 is 0. The highest BCUT2D eigenvalue weighted by Gasteiger charge is 2.56. The van der Waals surface area contributed by atoms with Gasteiger partial charge in [0.2, 0.25) is 0 Å². The van der Waals surface area contributed by atoms with Crippen LogP contribution in [0.3, 0.4) is 0 Å². The third-order valence-electron chi connectivity index (χ3n) is 8.55. The van der Waals surface area contributed by atoms with Gasteiger partial charge in [-0.05, 0) is 84.7 Å². The molecule has 0 radical (unpaired) electrons. The molecule has 3 aliphatic rings. The number of hydrogen-bond donors (Lipinski definition) is 0. The highest BCUT2D eigenvalue weighted by atomic mass is 14.6. The SMILES string of the molecule is CC[C@H]1CCC2C3C(CCC21C)c1ccc(C)cc1C(C)[C@H]3C. The molecule has 1 aromatic rings. The van der Waals surface area contributed by atoms with Gasteiger partial charge in [0.1, 0.15) is 0 Å². The van der Waals surface area contributed by atoms with Crippen LogP contribution in [-0.4, -0.2) is 0 Å². The molecular formula is C23H34. The van der Waals surface area contributed by atoms with E-state index in [1.807, 2.05) is 0 Å². The van der Waals surface area contributed by atoms with E-state index in [4.69, 9.17) is 0 Å². The summed E-state index contributed by atoms with van der Waals surface area (Å²) in [5.74, 6) is 5.29. The van der Waals surface area contributed by atoms with Crippen LogP contribution in [0.15, 0.2) is 18.2 Å². The predicted octanol–water partition coefficient (Wildman–Crippen LogP) is 6.68. The minimum atomic E-state index is 0.631. The maximum absolute atomic E-state index is 2.65. The Labute approximate surface area is 143 Å². The van der Waals surface area contributed by atoms with Crippen molar-refractivity contribution >= 4 is 0 Å². The molecule has 0 heterocycles. The second-order valence-electron chi connectivity index (χ2n) is 9.30. The van der Waals surface area contributed by atoms with Gasteiger partial charge in [-0.3, -0.25) is 0 Å². The molecule has 5 unspecified atom stereocenters. The number of hydrogen-bond acceptors (Lipinski definition) is 0. The Morgan fingerprint density at radius 3 is 2.61 bits per heavy atom. The van der Waals surface area contributed by atoms with Gasteiger partial charge < -0.3 is 0 Å². The van der Waals surface area contributed by atoms with E-state index in [1.54, 1.807) is 11.1 Å². The summed E-state index contributed by atoms with van der Waals surface area (Å²) in [5.41, 5.74) is 5.46. The van der Waals surface area contributed by atoms with Crippen molar-refractivity contribution in [2.75, 3.05) is 0 Å². The third kappa shape index (κ3) is 2.09. The van der Waals surface area contributed by atoms with Gasteiger partial charge in [-0.1, -0.05) is 57.9 Å². The molecule has 0 bridgehead atoms. The molecule has 0 aromatic heterocycles. The fraction of sp³-hybridized carbons (Fsp3) is 0.739. The van der Waals surface area contributed by atoms with Crippen LogP contribution in [0.2, 0.25) is 0 Å². The summed E-state index contributed by atoms with van der Waals surface area (Å²) in [6.07, 6.45) is 7.27. The fourth-order valence-electron chi connectivity index (χ4n) is 7.11. The van der Waals surface area contributed by atoms with Crippen molar-refractivity contribution in [3.63, 3.8) is 0 Å². The average molecular weight is 311 g/mol. The number of aryl methyl sites for hydroxylation is 1. The van der Waals surface area contributed by atoms with Crippen LogP contribution in [0.25, 0.3) is 0 Å². The minimum Gasteiger partial charge on any atom is -0.0651 e. The highest BCUT2D eigenvalue weighted by Crippen LogP contribution is 2.65. The quantitative estimate of drug-likeness (QED) is 0.542. The molecule has 7 atom stereocenters. The molecule has 4 rings (SSSR count). The monoisotopic (exact) mass is 310 g/mol. The van der Waals surface area contributed by atoms with E-state index >= 15 is 0 Å². The van der Waals surface area contributed by atoms with Gasteiger partial charge in [0.05, 0.1) is 0 Å². The van der Waals surface area contributed by atoms with Crippen LogP contribution in [-0.2, 0) is 0 Å². The number of benzene rings is 1. The normalized spacial score (nSPS) is 45.3. The van der Waals surface area contributed by atoms with E-state index in [2.05, 4.69) is 52.8 Å². The van der Waals surface area contributed by atoms with Crippen molar-refractivity contribution in [1.29, 1.82) is 0 Å². The Morgan fingerprint density at radius 2 is 1.87 bits per heavy atom. The van der Waals surface area contributed by atoms with Crippen molar-refractivity contribution in [3.05, 3.63) is 34.9 Å². The molecule has 0 heteroatoms. The summed E-state index contributed by atoms with van der Waals surface area (Å²) in [6, 6.07) is 7.33. The molecular weight excluding hydrogens is 276 g/mol. The first-order valence-corrected chi connectivity index (χ1v) is 10.1. The molecule has 0 spiro atoms. The third-order valence-corrected chi connectivity index (χ3v) is 8.55. The van der Waals surface area contributed by atoms with Crippen LogP contribution in [0.5, 0.6) is 0 Å². The van der Waals surface area contributed by atoms with Gasteiger partial charge in [-0.2, -0.15) is 0 Å². The zero-order chi connectivity index (χ0) is 16.4. The Morgan fingerprint density at radius 1 is 1.09 bits per heavy atom. The van der Waals surface area contributed by atoms with Crippen molar-refractivity contribution in [2.24, 2.45) is 29.1 Å². The van der Waals surface area contributed by atoms with Gasteiger partial charge >= 0.3 is 0 Å². The first kappa shape index (κ1) is 15.7. The van der Waals surface area contributed by atoms with Crippen molar-refractivity contribution in [3.8, 4) is 0 Å². The first-order valence-electron chi connectivity index (χ1n) is 10.1. The lowest BCUT2D eigenvalue weighted by Crippen LogP contribution is -2.46. The first-order chi connectivity index (χ1) is 11.0. The lowest BCUT2D eigenvalue weighted by atomic mass is 9.50. The lowest BCUT2D eigenvalue weighted by molar-refractivity contribution is -0.00118. The molecule has 0 saturated heterocycles. The van der Waals surface area contributed by atoms with Crippen LogP contribution < -0.4 is 0 Å². The molecule has 3 aliphatic carbocycles. The summed E-state index contributed by atoms with van der Waals surface area (Å²) in [5, 5.41) is 0. The number of rotatable bonds is 1. The second-order valence-corrected chi connectivity index (χ2v) is 9.30. The van der Waals surface area contributed by atoms with Crippen molar-refractivity contribution in [2.45, 2.75) is 78.6 Å². The Balaban J connectivity index is 1.77. The van der Waals surface area contributed by atoms with Crippen LogP contribution in [0, 0.1) is 36.0 Å². The van der Waals surface area contributed by atoms with Gasteiger partial charge in [-0.15, -0.1) is 0 Å². The van der Waals surface area contributed by atoms with E-state index in [1.165, 1.54) is 37.7 Å². The molecule has 0 N–H and O–H groups in total. The maximum Gasteiger partial charge on any atom is -0.0125 e. The molecule has 0 aliphatic heterocycles. The van der Waals surface area contributed by atoms with Gasteiger partial charge in [-0.25, -0.2) is 0 Å². The Hall–Kier alpha value is -0.780. The van der Waals surface area contributed by atoms with Crippen molar-refractivity contribution in [1.82, 2.24) is 0 Å². The Kier molecular flexibility index (Phi) is 3.67. The Bertz CT molecular complexity index is 600. The zero-order valence-electron chi connectivity index (χ0n) is 15.7. The lowest BCUT2D eigenvalue weighted by Gasteiger charge is -2.54. The van der Waals surface area contributed by atoms with Gasteiger partial charge in [0.25, 0.3) is 0 Å². The summed E-state index contributed by atoms with van der Waals surface area (Å²) in [6.45, 7) is 12.4. The van der Waals surface area contributed by atoms with E-state index in [-0.39, 0.29) is 0 Å². The molecule has 2 fully saturated rings. The summed E-state index contributed by atoms with van der Waals surface area (Å²) in [7, 11) is 0. The predicted molar refractivity (Wildman–Crippen MR) is 98.8 cm³/mol. The maximum atomic E-state index is 2.65. The average Bonchev–Trinajstić information content (AvgIpc) is 2.88. The summed E-state index contributed by atoms with van der Waals surface area (Å²) in [4.78, 5) is 0. The van der Waals surface area contributed by atoms with Gasteiger partial charge in [0, 0.05) is 0 Å². The van der Waals surface area contributed by atoms with Crippen LogP contribution in [0.1, 0.15) is 88.3 Å². The molecule has 23 heavy (non-hydrogen) atoms. The number of fused-ring (bicyclic) bond motifs is 5. The van der Waals surface area contributed by atoms with E-state index in [0.29, 0.717) is 5.41 Å². The largest absolute Gasteiger partial charge is 0.0651 e. The minimum absolute atomic E-state index is 0.631. The molecule has 126 valence electrons. The highest BCUT2D eigenvalue weighted by molar-refractivity contribution is 5.40. The smallest absolute Gasteiger partial charge is 0.0125 e. The molecule has 2 saturated carbocycles. The standard InChI is InChI=1S/C23H34/c1-6-17-8-10-21-22-16(4)15(3)20-13-14(2)7-9-18(20)19(22)11-12-23(17,21)5/h7,9,13,15-17,19,21-22H,6,8,10-12H2,1-5H3/t15?,16-,17+,19?,21?,22?,23?/m1/s1. The van der Waals surface area contributed by atoms with Gasteiger partial charge in [0.15, 0.2) is 0 Å². The molecule has 0 amide bonds. The topological polar surface area (TPSA) is 0 Å². The van der Waals surface area contributed by atoms with Crippen LogP contribution in [0.4, 0.5) is 0 Å². The van der Waals surface area contributed by atoms with E-state index in [9.17, 15) is 0 Å². The van der Waals surface area contributed by atoms with Crippen LogP contribution >= 0.6 is 0 Å². The molecule has 0 nitrogen and oxygen atoms in total. The second kappa shape index (κ2) is 5.36. The van der Waals surface area contributed by atoms with E-state index in [0.717, 1.165) is 35.5 Å². The zero-order valence-corrected chi connectivity index (χ0v) is 15.7. The van der Waals surface area contributed by atoms with E-state index < -0.39 is 0 Å². The molecule has 1 aromatic carbocycles. The summed E-state index contributed by atoms with van der Waals surface area (Å²) >= 11 is 0. The fourth-order valence-corrected chi connectivity index (χ4v) is 7.11. The van der Waals surface area contributed by atoms with Crippen molar-refractivity contribution < 1.29 is 0 Å².